The number of benzene rings is 2. The normalized spacial score (nSPS) is 12.8. The topological polar surface area (TPSA) is 66.4 Å². The second-order valence-electron chi connectivity index (χ2n) is 5.34. The highest BCUT2D eigenvalue weighted by Gasteiger charge is 2.25. The van der Waals surface area contributed by atoms with E-state index in [2.05, 4.69) is 5.32 Å². The second-order valence-corrected chi connectivity index (χ2v) is 5.34. The van der Waals surface area contributed by atoms with E-state index in [0.717, 1.165) is 18.9 Å². The molecule has 0 saturated heterocycles. The van der Waals surface area contributed by atoms with Crippen molar-refractivity contribution in [1.82, 2.24) is 5.32 Å². The van der Waals surface area contributed by atoms with Gasteiger partial charge in [-0.25, -0.2) is 9.18 Å². The molecule has 2 N–H and O–H groups in total. The van der Waals surface area contributed by atoms with Gasteiger partial charge in [-0.3, -0.25) is 4.79 Å². The van der Waals surface area contributed by atoms with Crippen LogP contribution in [0, 0.1) is 12.7 Å². The highest BCUT2D eigenvalue weighted by molar-refractivity contribution is 5.98. The third-order valence-corrected chi connectivity index (χ3v) is 3.42. The standard InChI is InChI=1S/C12H12FNO3.C6H6/c1-6-9(12(16)17)4-7(5-10(6)13)11(15)14-8-2-3-8;1-2-4-6-5-3-1/h4-5,8H,2-3H2,1H3,(H,14,15)(H,16,17);1-6H. The van der Waals surface area contributed by atoms with Crippen molar-refractivity contribution < 1.29 is 19.1 Å². The molecular formula is C18H18FNO3. The summed E-state index contributed by atoms with van der Waals surface area (Å²) in [4.78, 5) is 22.5. The molecule has 1 saturated carbocycles. The van der Waals surface area contributed by atoms with Crippen LogP contribution in [0.4, 0.5) is 4.39 Å². The summed E-state index contributed by atoms with van der Waals surface area (Å²) in [5.41, 5.74) is -0.0798. The number of carbonyl (C=O) groups excluding carboxylic acids is 1. The average molecular weight is 315 g/mol. The summed E-state index contributed by atoms with van der Waals surface area (Å²) >= 11 is 0. The largest absolute Gasteiger partial charge is 0.478 e. The molecule has 0 aromatic heterocycles. The smallest absolute Gasteiger partial charge is 0.336 e. The van der Waals surface area contributed by atoms with E-state index in [0.29, 0.717) is 0 Å². The third-order valence-electron chi connectivity index (χ3n) is 3.42. The highest BCUT2D eigenvalue weighted by atomic mass is 19.1. The maximum Gasteiger partial charge on any atom is 0.336 e. The van der Waals surface area contributed by atoms with Gasteiger partial charge in [-0.15, -0.1) is 0 Å². The van der Waals surface area contributed by atoms with Gasteiger partial charge < -0.3 is 10.4 Å². The lowest BCUT2D eigenvalue weighted by Crippen LogP contribution is -2.26. The van der Waals surface area contributed by atoms with Crippen LogP contribution < -0.4 is 5.32 Å². The highest BCUT2D eigenvalue weighted by Crippen LogP contribution is 2.21. The van der Waals surface area contributed by atoms with Gasteiger partial charge >= 0.3 is 5.97 Å². The minimum atomic E-state index is -1.23. The summed E-state index contributed by atoms with van der Waals surface area (Å²) in [7, 11) is 0. The van der Waals surface area contributed by atoms with Gasteiger partial charge in [-0.1, -0.05) is 36.4 Å². The summed E-state index contributed by atoms with van der Waals surface area (Å²) in [5.74, 6) is -2.33. The van der Waals surface area contributed by atoms with Crippen molar-refractivity contribution in [3.05, 3.63) is 71.0 Å². The molecule has 0 unspecified atom stereocenters. The summed E-state index contributed by atoms with van der Waals surface area (Å²) in [6, 6.07) is 14.4. The Balaban J connectivity index is 0.000000268. The van der Waals surface area contributed by atoms with Crippen LogP contribution in [0.3, 0.4) is 0 Å². The van der Waals surface area contributed by atoms with E-state index in [1.165, 1.54) is 13.0 Å². The Morgan fingerprint density at radius 2 is 1.61 bits per heavy atom. The number of carboxylic acids is 1. The van der Waals surface area contributed by atoms with Crippen LogP contribution in [0.5, 0.6) is 0 Å². The van der Waals surface area contributed by atoms with Gasteiger partial charge in [-0.2, -0.15) is 0 Å². The molecule has 2 aromatic rings. The maximum atomic E-state index is 13.5. The van der Waals surface area contributed by atoms with E-state index in [-0.39, 0.29) is 22.7 Å². The first-order valence-corrected chi connectivity index (χ1v) is 7.33. The number of hydrogen-bond donors (Lipinski definition) is 2. The molecule has 0 spiro atoms. The minimum absolute atomic E-state index is 0.0421. The molecule has 0 radical (unpaired) electrons. The van der Waals surface area contributed by atoms with Crippen molar-refractivity contribution in [3.8, 4) is 0 Å². The lowest BCUT2D eigenvalue weighted by Gasteiger charge is -2.07. The van der Waals surface area contributed by atoms with Crippen molar-refractivity contribution in [3.63, 3.8) is 0 Å². The van der Waals surface area contributed by atoms with Gasteiger partial charge in [0.2, 0.25) is 0 Å². The van der Waals surface area contributed by atoms with Crippen molar-refractivity contribution in [2.45, 2.75) is 25.8 Å². The number of hydrogen-bond acceptors (Lipinski definition) is 2. The molecule has 5 heteroatoms. The molecule has 2 aromatic carbocycles. The van der Waals surface area contributed by atoms with Crippen molar-refractivity contribution in [2.75, 3.05) is 0 Å². The molecular weight excluding hydrogens is 297 g/mol. The number of carbonyl (C=O) groups is 2. The number of amides is 1. The van der Waals surface area contributed by atoms with Gasteiger partial charge in [0, 0.05) is 11.6 Å². The molecule has 1 aliphatic rings. The molecule has 1 fully saturated rings. The first kappa shape index (κ1) is 16.7. The zero-order chi connectivity index (χ0) is 16.8. The Morgan fingerprint density at radius 1 is 1.09 bits per heavy atom. The fourth-order valence-corrected chi connectivity index (χ4v) is 1.91. The fraction of sp³-hybridized carbons (Fsp3) is 0.222. The van der Waals surface area contributed by atoms with Crippen LogP contribution in [0.1, 0.15) is 39.1 Å². The molecule has 0 bridgehead atoms. The van der Waals surface area contributed by atoms with E-state index in [4.69, 9.17) is 5.11 Å². The zero-order valence-corrected chi connectivity index (χ0v) is 12.8. The predicted octanol–water partition coefficient (Wildman–Crippen LogP) is 3.41. The zero-order valence-electron chi connectivity index (χ0n) is 12.8. The first-order chi connectivity index (χ1) is 11.0. The molecule has 0 heterocycles. The van der Waals surface area contributed by atoms with Crippen LogP contribution in [-0.2, 0) is 0 Å². The minimum Gasteiger partial charge on any atom is -0.478 e. The van der Waals surface area contributed by atoms with Crippen molar-refractivity contribution in [2.24, 2.45) is 0 Å². The van der Waals surface area contributed by atoms with Crippen LogP contribution in [-0.4, -0.2) is 23.0 Å². The molecule has 3 rings (SSSR count). The lowest BCUT2D eigenvalue weighted by atomic mass is 10.0. The van der Waals surface area contributed by atoms with Gasteiger partial charge in [0.1, 0.15) is 5.82 Å². The molecule has 0 atom stereocenters. The van der Waals surface area contributed by atoms with Crippen molar-refractivity contribution >= 4 is 11.9 Å². The van der Waals surface area contributed by atoms with Crippen LogP contribution in [0.25, 0.3) is 0 Å². The fourth-order valence-electron chi connectivity index (χ4n) is 1.91. The Bertz CT molecular complexity index is 670. The van der Waals surface area contributed by atoms with Crippen LogP contribution in [0.15, 0.2) is 48.5 Å². The predicted molar refractivity (Wildman–Crippen MR) is 85.0 cm³/mol. The number of rotatable bonds is 3. The molecule has 23 heavy (non-hydrogen) atoms. The Hall–Kier alpha value is -2.69. The molecule has 1 amide bonds. The van der Waals surface area contributed by atoms with Gasteiger partial charge in [-0.05, 0) is 37.5 Å². The third kappa shape index (κ3) is 4.92. The summed E-state index contributed by atoms with van der Waals surface area (Å²) in [6.45, 7) is 1.38. The van der Waals surface area contributed by atoms with Crippen molar-refractivity contribution in [1.29, 1.82) is 0 Å². The van der Waals surface area contributed by atoms with Gasteiger partial charge in [0.15, 0.2) is 0 Å². The van der Waals surface area contributed by atoms with Gasteiger partial charge in [0.05, 0.1) is 5.56 Å². The Labute approximate surface area is 134 Å². The molecule has 4 nitrogen and oxygen atoms in total. The van der Waals surface area contributed by atoms with E-state index >= 15 is 0 Å². The quantitative estimate of drug-likeness (QED) is 0.912. The first-order valence-electron chi connectivity index (χ1n) is 7.33. The summed E-state index contributed by atoms with van der Waals surface area (Å²) < 4.78 is 13.5. The second kappa shape index (κ2) is 7.54. The molecule has 0 aliphatic heterocycles. The van der Waals surface area contributed by atoms with Crippen LogP contribution in [0.2, 0.25) is 0 Å². The number of nitrogens with one attached hydrogen (secondary N) is 1. The molecule has 120 valence electrons. The Kier molecular flexibility index (Phi) is 5.46. The number of aromatic carboxylic acids is 1. The average Bonchev–Trinajstić information content (AvgIpc) is 3.35. The SMILES string of the molecule is Cc1c(F)cc(C(=O)NC2CC2)cc1C(=O)O.c1ccccc1. The van der Waals surface area contributed by atoms with E-state index in [9.17, 15) is 14.0 Å². The summed E-state index contributed by atoms with van der Waals surface area (Å²) in [6.07, 6.45) is 1.84. The van der Waals surface area contributed by atoms with E-state index in [1.807, 2.05) is 36.4 Å². The monoisotopic (exact) mass is 315 g/mol. The maximum absolute atomic E-state index is 13.5. The van der Waals surface area contributed by atoms with E-state index < -0.39 is 17.7 Å². The van der Waals surface area contributed by atoms with E-state index in [1.54, 1.807) is 0 Å². The Morgan fingerprint density at radius 3 is 2.04 bits per heavy atom. The molecule has 1 aliphatic carbocycles. The number of carboxylic acid groups (broad SMARTS) is 1. The number of halogens is 1. The lowest BCUT2D eigenvalue weighted by molar-refractivity contribution is 0.0695. The van der Waals surface area contributed by atoms with Crippen LogP contribution >= 0.6 is 0 Å². The van der Waals surface area contributed by atoms with Gasteiger partial charge in [0.25, 0.3) is 5.91 Å². The summed E-state index contributed by atoms with van der Waals surface area (Å²) in [5, 5.41) is 11.6.